The second kappa shape index (κ2) is 6.88. The van der Waals surface area contributed by atoms with Gasteiger partial charge in [0, 0.05) is 22.6 Å². The number of hydrogen-bond acceptors (Lipinski definition) is 3. The minimum Gasteiger partial charge on any atom is -0.478 e. The van der Waals surface area contributed by atoms with Crippen LogP contribution >= 0.6 is 11.8 Å². The smallest absolute Gasteiger partial charge is 0.336 e. The van der Waals surface area contributed by atoms with Gasteiger partial charge in [0.1, 0.15) is 11.3 Å². The highest BCUT2D eigenvalue weighted by Crippen LogP contribution is 2.35. The van der Waals surface area contributed by atoms with E-state index in [0.717, 1.165) is 28.2 Å². The Kier molecular flexibility index (Phi) is 4.81. The predicted octanol–water partition coefficient (Wildman–Crippen LogP) is 5.82. The molecular weight excluding hydrogens is 346 g/mol. The predicted molar refractivity (Wildman–Crippen MR) is 93.2 cm³/mol. The number of benzene rings is 2. The van der Waals surface area contributed by atoms with Crippen LogP contribution in [0.5, 0.6) is 0 Å². The van der Waals surface area contributed by atoms with Crippen molar-refractivity contribution in [3.63, 3.8) is 0 Å². The molecule has 0 aliphatic carbocycles. The Morgan fingerprint density at radius 2 is 2.00 bits per heavy atom. The van der Waals surface area contributed by atoms with Gasteiger partial charge in [-0.2, -0.15) is 0 Å². The van der Waals surface area contributed by atoms with Crippen molar-refractivity contribution in [2.24, 2.45) is 0 Å². The van der Waals surface area contributed by atoms with E-state index >= 15 is 0 Å². The third-order valence-corrected chi connectivity index (χ3v) is 4.96. The first-order valence-corrected chi connectivity index (χ1v) is 8.72. The first-order chi connectivity index (χ1) is 11.9. The Bertz CT molecular complexity index is 947. The minimum atomic E-state index is -1.28. The Balaban J connectivity index is 1.96. The number of halogens is 2. The number of carboxylic acids is 1. The number of para-hydroxylation sites is 1. The number of thioether (sulfide) groups is 1. The summed E-state index contributed by atoms with van der Waals surface area (Å²) in [5.74, 6) is -2.41. The largest absolute Gasteiger partial charge is 0.478 e. The van der Waals surface area contributed by atoms with Crippen molar-refractivity contribution < 1.29 is 23.1 Å². The van der Waals surface area contributed by atoms with Crippen LogP contribution in [0, 0.1) is 11.6 Å². The number of rotatable bonds is 5. The van der Waals surface area contributed by atoms with E-state index in [9.17, 15) is 18.7 Å². The molecule has 0 saturated heterocycles. The quantitative estimate of drug-likeness (QED) is 0.581. The van der Waals surface area contributed by atoms with E-state index in [1.807, 2.05) is 38.1 Å². The molecule has 0 bridgehead atoms. The van der Waals surface area contributed by atoms with Gasteiger partial charge in [0.05, 0.1) is 10.5 Å². The maximum absolute atomic E-state index is 14.1. The summed E-state index contributed by atoms with van der Waals surface area (Å²) in [7, 11) is 0. The Morgan fingerprint density at radius 3 is 2.68 bits per heavy atom. The van der Waals surface area contributed by atoms with Gasteiger partial charge in [-0.15, -0.1) is 11.8 Å². The minimum absolute atomic E-state index is 0.0119. The highest BCUT2D eigenvalue weighted by Gasteiger charge is 2.19. The molecule has 0 atom stereocenters. The Hall–Kier alpha value is -2.34. The van der Waals surface area contributed by atoms with Crippen molar-refractivity contribution in [1.29, 1.82) is 0 Å². The van der Waals surface area contributed by atoms with Crippen molar-refractivity contribution in [1.82, 2.24) is 0 Å². The van der Waals surface area contributed by atoms with E-state index in [4.69, 9.17) is 4.42 Å². The number of aromatic carboxylic acids is 1. The molecule has 130 valence electrons. The summed E-state index contributed by atoms with van der Waals surface area (Å²) in [6, 6.07) is 9.45. The average Bonchev–Trinajstić information content (AvgIpc) is 3.01. The van der Waals surface area contributed by atoms with Crippen LogP contribution in [0.15, 0.2) is 45.7 Å². The molecule has 25 heavy (non-hydrogen) atoms. The molecule has 0 amide bonds. The summed E-state index contributed by atoms with van der Waals surface area (Å²) in [5, 5.41) is 10.1. The summed E-state index contributed by atoms with van der Waals surface area (Å²) >= 11 is 1.22. The van der Waals surface area contributed by atoms with Crippen LogP contribution in [0.25, 0.3) is 11.0 Å². The van der Waals surface area contributed by atoms with Gasteiger partial charge in [0.2, 0.25) is 0 Å². The fourth-order valence-electron chi connectivity index (χ4n) is 2.54. The molecule has 6 heteroatoms. The van der Waals surface area contributed by atoms with Gasteiger partial charge in [-0.25, -0.2) is 13.6 Å². The lowest BCUT2D eigenvalue weighted by Gasteiger charge is -2.08. The number of carboxylic acid groups (broad SMARTS) is 1. The van der Waals surface area contributed by atoms with E-state index in [1.54, 1.807) is 0 Å². The van der Waals surface area contributed by atoms with Gasteiger partial charge in [-0.3, -0.25) is 0 Å². The average molecular weight is 362 g/mol. The number of hydrogen-bond donors (Lipinski definition) is 1. The third-order valence-electron chi connectivity index (χ3n) is 3.89. The van der Waals surface area contributed by atoms with Crippen molar-refractivity contribution >= 4 is 28.7 Å². The van der Waals surface area contributed by atoms with E-state index in [0.29, 0.717) is 5.58 Å². The Labute approximate surface area is 147 Å². The maximum Gasteiger partial charge on any atom is 0.336 e. The molecule has 0 aliphatic heterocycles. The third kappa shape index (κ3) is 3.39. The molecule has 1 aromatic heterocycles. The zero-order chi connectivity index (χ0) is 18.1. The molecule has 3 rings (SSSR count). The molecule has 3 aromatic rings. The van der Waals surface area contributed by atoms with Crippen LogP contribution in [0.2, 0.25) is 0 Å². The van der Waals surface area contributed by atoms with Crippen molar-refractivity contribution in [3.05, 3.63) is 64.9 Å². The molecule has 1 heterocycles. The SMILES string of the molecule is CC(C)c1cc2cccc(SCc3c(C(=O)O)ccc(F)c3F)c2o1. The van der Waals surface area contributed by atoms with Crippen LogP contribution in [0.1, 0.15) is 41.4 Å². The molecule has 0 fully saturated rings. The molecule has 0 aliphatic rings. The number of furan rings is 1. The van der Waals surface area contributed by atoms with E-state index in [-0.39, 0.29) is 22.8 Å². The first-order valence-electron chi connectivity index (χ1n) is 7.74. The fourth-order valence-corrected chi connectivity index (χ4v) is 3.59. The highest BCUT2D eigenvalue weighted by atomic mass is 32.2. The number of carbonyl (C=O) groups is 1. The molecule has 1 N–H and O–H groups in total. The zero-order valence-electron chi connectivity index (χ0n) is 13.7. The number of fused-ring (bicyclic) bond motifs is 1. The fraction of sp³-hybridized carbons (Fsp3) is 0.211. The van der Waals surface area contributed by atoms with Crippen LogP contribution in [0.3, 0.4) is 0 Å². The first kappa shape index (κ1) is 17.5. The van der Waals surface area contributed by atoms with Crippen LogP contribution in [-0.4, -0.2) is 11.1 Å². The standard InChI is InChI=1S/C19H16F2O3S/c1-10(2)15-8-11-4-3-5-16(18(11)24-15)25-9-13-12(19(22)23)6-7-14(20)17(13)21/h3-8,10H,9H2,1-2H3,(H,22,23). The lowest BCUT2D eigenvalue weighted by molar-refractivity contribution is 0.0695. The van der Waals surface area contributed by atoms with Gasteiger partial charge < -0.3 is 9.52 Å². The van der Waals surface area contributed by atoms with Gasteiger partial charge in [0.15, 0.2) is 11.6 Å². The van der Waals surface area contributed by atoms with E-state index in [1.165, 1.54) is 11.8 Å². The summed E-state index contributed by atoms with van der Waals surface area (Å²) in [6.45, 7) is 4.04. The van der Waals surface area contributed by atoms with Crippen molar-refractivity contribution in [2.75, 3.05) is 0 Å². The highest BCUT2D eigenvalue weighted by molar-refractivity contribution is 7.98. The summed E-state index contributed by atoms with van der Waals surface area (Å²) in [6.07, 6.45) is 0. The second-order valence-electron chi connectivity index (χ2n) is 5.96. The van der Waals surface area contributed by atoms with Crippen LogP contribution < -0.4 is 0 Å². The van der Waals surface area contributed by atoms with Gasteiger partial charge in [-0.1, -0.05) is 26.0 Å². The lowest BCUT2D eigenvalue weighted by Crippen LogP contribution is -2.06. The van der Waals surface area contributed by atoms with Crippen LogP contribution in [0.4, 0.5) is 8.78 Å². The van der Waals surface area contributed by atoms with Gasteiger partial charge in [0.25, 0.3) is 0 Å². The molecular formula is C19H16F2O3S. The van der Waals surface area contributed by atoms with E-state index in [2.05, 4.69) is 0 Å². The van der Waals surface area contributed by atoms with E-state index < -0.39 is 17.6 Å². The molecule has 0 unspecified atom stereocenters. The normalized spacial score (nSPS) is 11.4. The molecule has 3 nitrogen and oxygen atoms in total. The summed E-state index contributed by atoms with van der Waals surface area (Å²) in [5.41, 5.74) is 0.274. The summed E-state index contributed by atoms with van der Waals surface area (Å²) in [4.78, 5) is 12.0. The molecule has 0 radical (unpaired) electrons. The molecule has 0 saturated carbocycles. The Morgan fingerprint density at radius 1 is 1.24 bits per heavy atom. The topological polar surface area (TPSA) is 50.4 Å². The summed E-state index contributed by atoms with van der Waals surface area (Å²) < 4.78 is 33.4. The monoisotopic (exact) mass is 362 g/mol. The molecule has 2 aromatic carbocycles. The van der Waals surface area contributed by atoms with Crippen molar-refractivity contribution in [3.8, 4) is 0 Å². The van der Waals surface area contributed by atoms with Gasteiger partial charge in [-0.05, 0) is 24.3 Å². The zero-order valence-corrected chi connectivity index (χ0v) is 14.5. The van der Waals surface area contributed by atoms with Gasteiger partial charge >= 0.3 is 5.97 Å². The molecule has 0 spiro atoms. The van der Waals surface area contributed by atoms with Crippen molar-refractivity contribution in [2.45, 2.75) is 30.4 Å². The van der Waals surface area contributed by atoms with Crippen LogP contribution in [-0.2, 0) is 5.75 Å². The maximum atomic E-state index is 14.1. The lowest BCUT2D eigenvalue weighted by atomic mass is 10.1. The second-order valence-corrected chi connectivity index (χ2v) is 6.98.